The van der Waals surface area contributed by atoms with Crippen LogP contribution in [0.5, 0.6) is 5.75 Å². The van der Waals surface area contributed by atoms with Gasteiger partial charge in [0.1, 0.15) is 5.75 Å². The summed E-state index contributed by atoms with van der Waals surface area (Å²) in [6.07, 6.45) is 5.82. The second-order valence-electron chi connectivity index (χ2n) is 5.98. The summed E-state index contributed by atoms with van der Waals surface area (Å²) in [5.41, 5.74) is 7.31. The molecule has 0 aliphatic heterocycles. The van der Waals surface area contributed by atoms with Crippen molar-refractivity contribution in [3.05, 3.63) is 29.8 Å². The molecule has 1 aliphatic carbocycles. The number of hydrogen-bond acceptors (Lipinski definition) is 3. The van der Waals surface area contributed by atoms with Crippen LogP contribution in [0, 0.1) is 0 Å². The Hall–Kier alpha value is -1.06. The third kappa shape index (κ3) is 4.50. The lowest BCUT2D eigenvalue weighted by Crippen LogP contribution is -2.38. The molecule has 2 N–H and O–H groups in total. The predicted octanol–water partition coefficient (Wildman–Crippen LogP) is 3.18. The smallest absolute Gasteiger partial charge is 0.119 e. The van der Waals surface area contributed by atoms with Gasteiger partial charge in [-0.25, -0.2) is 0 Å². The molecule has 0 heterocycles. The van der Waals surface area contributed by atoms with Crippen molar-refractivity contribution in [3.63, 3.8) is 0 Å². The van der Waals surface area contributed by atoms with Gasteiger partial charge in [0.25, 0.3) is 0 Å². The maximum absolute atomic E-state index is 5.98. The average molecular weight is 276 g/mol. The van der Waals surface area contributed by atoms with Crippen molar-refractivity contribution in [1.82, 2.24) is 4.90 Å². The van der Waals surface area contributed by atoms with Crippen molar-refractivity contribution in [2.24, 2.45) is 5.73 Å². The Labute approximate surface area is 123 Å². The third-order valence-electron chi connectivity index (χ3n) is 4.17. The normalized spacial score (nSPS) is 23.0. The first-order valence-electron chi connectivity index (χ1n) is 7.86. The molecule has 112 valence electrons. The number of hydrogen-bond donors (Lipinski definition) is 1. The van der Waals surface area contributed by atoms with Crippen LogP contribution in [0.2, 0.25) is 0 Å². The van der Waals surface area contributed by atoms with E-state index in [1.165, 1.54) is 18.4 Å². The fourth-order valence-electron chi connectivity index (χ4n) is 2.91. The molecule has 0 bridgehead atoms. The minimum Gasteiger partial charge on any atom is -0.494 e. The highest BCUT2D eigenvalue weighted by Crippen LogP contribution is 2.23. The van der Waals surface area contributed by atoms with Gasteiger partial charge in [-0.2, -0.15) is 0 Å². The summed E-state index contributed by atoms with van der Waals surface area (Å²) in [5, 5.41) is 0. The zero-order valence-electron chi connectivity index (χ0n) is 12.8. The lowest BCUT2D eigenvalue weighted by molar-refractivity contribution is 0.176. The molecule has 0 unspecified atom stereocenters. The molecule has 2 rings (SSSR count). The van der Waals surface area contributed by atoms with E-state index >= 15 is 0 Å². The Morgan fingerprint density at radius 3 is 2.70 bits per heavy atom. The van der Waals surface area contributed by atoms with E-state index in [0.29, 0.717) is 12.1 Å². The van der Waals surface area contributed by atoms with Crippen LogP contribution >= 0.6 is 0 Å². The maximum Gasteiger partial charge on any atom is 0.119 e. The largest absolute Gasteiger partial charge is 0.494 e. The maximum atomic E-state index is 5.98. The van der Waals surface area contributed by atoms with E-state index in [1.54, 1.807) is 0 Å². The monoisotopic (exact) mass is 276 g/mol. The molecule has 0 radical (unpaired) electrons. The van der Waals surface area contributed by atoms with Crippen molar-refractivity contribution < 1.29 is 4.74 Å². The van der Waals surface area contributed by atoms with Gasteiger partial charge in [-0.05, 0) is 56.8 Å². The molecular formula is C17H28N2O. The standard InChI is InChI=1S/C17H28N2O/c1-3-11-20-17-6-4-5-14(12-17)13-19(2)16-9-7-15(18)8-10-16/h4-6,12,15-16H,3,7-11,13,18H2,1-2H3. The van der Waals surface area contributed by atoms with Gasteiger partial charge in [0.15, 0.2) is 0 Å². The Kier molecular flexibility index (Phi) is 5.86. The van der Waals surface area contributed by atoms with E-state index in [9.17, 15) is 0 Å². The van der Waals surface area contributed by atoms with Crippen LogP contribution in [0.1, 0.15) is 44.6 Å². The minimum absolute atomic E-state index is 0.422. The Balaban J connectivity index is 1.88. The first-order chi connectivity index (χ1) is 9.69. The molecule has 1 aromatic carbocycles. The average Bonchev–Trinajstić information content (AvgIpc) is 2.46. The SMILES string of the molecule is CCCOc1cccc(CN(C)C2CCC(N)CC2)c1. The quantitative estimate of drug-likeness (QED) is 0.867. The van der Waals surface area contributed by atoms with Crippen LogP contribution < -0.4 is 10.5 Å². The Morgan fingerprint density at radius 2 is 2.00 bits per heavy atom. The summed E-state index contributed by atoms with van der Waals surface area (Å²) in [4.78, 5) is 2.46. The predicted molar refractivity (Wildman–Crippen MR) is 83.9 cm³/mol. The van der Waals surface area contributed by atoms with Crippen LogP contribution in [-0.2, 0) is 6.54 Å². The molecule has 20 heavy (non-hydrogen) atoms. The summed E-state index contributed by atoms with van der Waals surface area (Å²) >= 11 is 0. The fourth-order valence-corrected chi connectivity index (χ4v) is 2.91. The van der Waals surface area contributed by atoms with Gasteiger partial charge in [-0.1, -0.05) is 19.1 Å². The van der Waals surface area contributed by atoms with Crippen LogP contribution in [0.4, 0.5) is 0 Å². The summed E-state index contributed by atoms with van der Waals surface area (Å²) < 4.78 is 5.70. The lowest BCUT2D eigenvalue weighted by Gasteiger charge is -2.33. The highest BCUT2D eigenvalue weighted by atomic mass is 16.5. The van der Waals surface area contributed by atoms with Gasteiger partial charge < -0.3 is 10.5 Å². The molecule has 0 spiro atoms. The van der Waals surface area contributed by atoms with Crippen molar-refractivity contribution in [1.29, 1.82) is 0 Å². The van der Waals surface area contributed by atoms with E-state index < -0.39 is 0 Å². The van der Waals surface area contributed by atoms with Crippen molar-refractivity contribution in [2.45, 2.75) is 57.7 Å². The van der Waals surface area contributed by atoms with E-state index in [4.69, 9.17) is 10.5 Å². The number of rotatable bonds is 6. The van der Waals surface area contributed by atoms with E-state index in [-0.39, 0.29) is 0 Å². The molecule has 0 saturated heterocycles. The first-order valence-corrected chi connectivity index (χ1v) is 7.86. The van der Waals surface area contributed by atoms with Crippen LogP contribution in [0.15, 0.2) is 24.3 Å². The highest BCUT2D eigenvalue weighted by molar-refractivity contribution is 5.28. The Bertz CT molecular complexity index is 400. The van der Waals surface area contributed by atoms with Crippen LogP contribution in [0.3, 0.4) is 0 Å². The molecule has 1 saturated carbocycles. The summed E-state index contributed by atoms with van der Waals surface area (Å²) in [6, 6.07) is 9.58. The first kappa shape index (κ1) is 15.3. The second kappa shape index (κ2) is 7.65. The number of nitrogens with two attached hydrogens (primary N) is 1. The van der Waals surface area contributed by atoms with Gasteiger partial charge in [-0.15, -0.1) is 0 Å². The lowest BCUT2D eigenvalue weighted by atomic mass is 9.91. The van der Waals surface area contributed by atoms with Crippen LogP contribution in [0.25, 0.3) is 0 Å². The highest BCUT2D eigenvalue weighted by Gasteiger charge is 2.21. The van der Waals surface area contributed by atoms with E-state index in [0.717, 1.165) is 38.2 Å². The molecule has 0 atom stereocenters. The van der Waals surface area contributed by atoms with Gasteiger partial charge in [0.2, 0.25) is 0 Å². The molecule has 0 amide bonds. The van der Waals surface area contributed by atoms with Gasteiger partial charge >= 0.3 is 0 Å². The van der Waals surface area contributed by atoms with Crippen LogP contribution in [-0.4, -0.2) is 30.6 Å². The third-order valence-corrected chi connectivity index (χ3v) is 4.17. The number of ether oxygens (including phenoxy) is 1. The molecule has 3 heteroatoms. The van der Waals surface area contributed by atoms with Gasteiger partial charge in [0.05, 0.1) is 6.61 Å². The van der Waals surface area contributed by atoms with Crippen molar-refractivity contribution in [2.75, 3.05) is 13.7 Å². The zero-order valence-corrected chi connectivity index (χ0v) is 12.8. The molecule has 1 fully saturated rings. The Morgan fingerprint density at radius 1 is 1.25 bits per heavy atom. The van der Waals surface area contributed by atoms with Crippen molar-refractivity contribution >= 4 is 0 Å². The van der Waals surface area contributed by atoms with Gasteiger partial charge in [-0.3, -0.25) is 4.90 Å². The van der Waals surface area contributed by atoms with E-state index in [2.05, 4.69) is 37.1 Å². The molecule has 1 aliphatic rings. The zero-order chi connectivity index (χ0) is 14.4. The van der Waals surface area contributed by atoms with Crippen molar-refractivity contribution in [3.8, 4) is 5.75 Å². The molecule has 3 nitrogen and oxygen atoms in total. The second-order valence-corrected chi connectivity index (χ2v) is 5.98. The molecule has 0 aromatic heterocycles. The summed E-state index contributed by atoms with van der Waals surface area (Å²) in [5.74, 6) is 0.989. The molecular weight excluding hydrogens is 248 g/mol. The number of benzene rings is 1. The van der Waals surface area contributed by atoms with E-state index in [1.807, 2.05) is 6.07 Å². The summed E-state index contributed by atoms with van der Waals surface area (Å²) in [7, 11) is 2.22. The molecule has 1 aromatic rings. The fraction of sp³-hybridized carbons (Fsp3) is 0.647. The number of nitrogens with zero attached hydrogens (tertiary/aromatic N) is 1. The summed E-state index contributed by atoms with van der Waals surface area (Å²) in [6.45, 7) is 3.91. The van der Waals surface area contributed by atoms with Gasteiger partial charge in [0, 0.05) is 18.6 Å². The minimum atomic E-state index is 0.422. The topological polar surface area (TPSA) is 38.5 Å².